The molecule has 1 N–H and O–H groups in total. The highest BCUT2D eigenvalue weighted by atomic mass is 32.1. The number of aryl methyl sites for hydroxylation is 2. The van der Waals surface area contributed by atoms with Crippen LogP contribution in [0.3, 0.4) is 0 Å². The number of nitrogens with one attached hydrogen (secondary N) is 1. The normalized spacial score (nSPS) is 17.0. The summed E-state index contributed by atoms with van der Waals surface area (Å²) in [6.45, 7) is 8.61. The van der Waals surface area contributed by atoms with Gasteiger partial charge in [-0.25, -0.2) is 0 Å². The number of anilines is 1. The van der Waals surface area contributed by atoms with Crippen molar-refractivity contribution in [3.05, 3.63) is 33.6 Å². The molecule has 120 valence electrons. The Labute approximate surface area is 135 Å². The summed E-state index contributed by atoms with van der Waals surface area (Å²) in [6.07, 6.45) is 0. The number of rotatable bonds is 5. The molecule has 0 spiro atoms. The van der Waals surface area contributed by atoms with E-state index in [0.717, 1.165) is 38.5 Å². The van der Waals surface area contributed by atoms with Crippen LogP contribution in [0.15, 0.2) is 17.5 Å². The molecule has 5 nitrogen and oxygen atoms in total. The first-order valence-electron chi connectivity index (χ1n) is 7.78. The van der Waals surface area contributed by atoms with E-state index in [1.807, 2.05) is 11.7 Å². The molecule has 0 radical (unpaired) electrons. The second-order valence-corrected chi connectivity index (χ2v) is 6.71. The molecule has 2 aromatic rings. The summed E-state index contributed by atoms with van der Waals surface area (Å²) in [7, 11) is 2.03. The summed E-state index contributed by atoms with van der Waals surface area (Å²) in [5.74, 6) is 1.23. The third kappa shape index (κ3) is 3.19. The van der Waals surface area contributed by atoms with Crippen molar-refractivity contribution < 1.29 is 4.74 Å². The predicted octanol–water partition coefficient (Wildman–Crippen LogP) is 2.48. The molecule has 0 aliphatic carbocycles. The van der Waals surface area contributed by atoms with E-state index in [0.29, 0.717) is 6.04 Å². The maximum Gasteiger partial charge on any atom is 0.131 e. The number of hydrogen-bond donors (Lipinski definition) is 1. The van der Waals surface area contributed by atoms with Crippen LogP contribution in [0.4, 0.5) is 5.82 Å². The summed E-state index contributed by atoms with van der Waals surface area (Å²) in [5.41, 5.74) is 2.41. The second kappa shape index (κ2) is 6.81. The van der Waals surface area contributed by atoms with Gasteiger partial charge in [-0.2, -0.15) is 5.10 Å². The minimum Gasteiger partial charge on any atom is -0.378 e. The van der Waals surface area contributed by atoms with E-state index >= 15 is 0 Å². The first kappa shape index (κ1) is 15.5. The molecule has 1 fully saturated rings. The lowest BCUT2D eigenvalue weighted by Crippen LogP contribution is -2.38. The molecular weight excluding hydrogens is 296 g/mol. The Morgan fingerprint density at radius 1 is 1.41 bits per heavy atom. The van der Waals surface area contributed by atoms with E-state index in [4.69, 9.17) is 4.74 Å². The van der Waals surface area contributed by atoms with Gasteiger partial charge in [0.15, 0.2) is 0 Å². The lowest BCUT2D eigenvalue weighted by molar-refractivity contribution is 0.122. The number of nitrogens with zero attached hydrogens (tertiary/aromatic N) is 3. The van der Waals surface area contributed by atoms with Crippen LogP contribution in [0.2, 0.25) is 0 Å². The quantitative estimate of drug-likeness (QED) is 0.919. The fraction of sp³-hybridized carbons (Fsp3) is 0.562. The van der Waals surface area contributed by atoms with Crippen molar-refractivity contribution in [2.24, 2.45) is 7.05 Å². The van der Waals surface area contributed by atoms with Crippen LogP contribution < -0.4 is 10.2 Å². The summed E-state index contributed by atoms with van der Waals surface area (Å²) >= 11 is 1.80. The summed E-state index contributed by atoms with van der Waals surface area (Å²) in [6, 6.07) is 4.64. The third-order valence-electron chi connectivity index (χ3n) is 4.18. The first-order chi connectivity index (χ1) is 10.7. The Balaban J connectivity index is 1.75. The topological polar surface area (TPSA) is 42.3 Å². The highest BCUT2D eigenvalue weighted by Crippen LogP contribution is 2.25. The third-order valence-corrected chi connectivity index (χ3v) is 5.23. The van der Waals surface area contributed by atoms with Crippen LogP contribution in [0.25, 0.3) is 0 Å². The monoisotopic (exact) mass is 320 g/mol. The smallest absolute Gasteiger partial charge is 0.131 e. The molecule has 1 aliphatic rings. The number of aromatic nitrogens is 2. The van der Waals surface area contributed by atoms with E-state index in [2.05, 4.69) is 46.7 Å². The minimum atomic E-state index is 0.358. The van der Waals surface area contributed by atoms with Crippen molar-refractivity contribution in [2.45, 2.75) is 26.4 Å². The first-order valence-corrected chi connectivity index (χ1v) is 8.66. The largest absolute Gasteiger partial charge is 0.378 e. The van der Waals surface area contributed by atoms with Crippen LogP contribution in [0, 0.1) is 6.92 Å². The molecule has 0 saturated carbocycles. The standard InChI is InChI=1S/C16H24N4OS/c1-12-14(11-17-13(2)15-5-4-10-22-15)16(19(3)18-12)20-6-8-21-9-7-20/h4-5,10,13,17H,6-9,11H2,1-3H3/t13-/m0/s1. The van der Waals surface area contributed by atoms with Gasteiger partial charge in [-0.3, -0.25) is 4.68 Å². The van der Waals surface area contributed by atoms with E-state index in [-0.39, 0.29) is 0 Å². The average Bonchev–Trinajstić information content (AvgIpc) is 3.14. The van der Waals surface area contributed by atoms with E-state index in [9.17, 15) is 0 Å². The van der Waals surface area contributed by atoms with E-state index < -0.39 is 0 Å². The van der Waals surface area contributed by atoms with Gasteiger partial charge in [0.1, 0.15) is 5.82 Å². The molecule has 0 unspecified atom stereocenters. The van der Waals surface area contributed by atoms with Crippen LogP contribution in [-0.2, 0) is 18.3 Å². The van der Waals surface area contributed by atoms with Crippen molar-refractivity contribution in [3.63, 3.8) is 0 Å². The predicted molar refractivity (Wildman–Crippen MR) is 90.6 cm³/mol. The molecule has 0 aromatic carbocycles. The Morgan fingerprint density at radius 3 is 2.86 bits per heavy atom. The highest BCUT2D eigenvalue weighted by molar-refractivity contribution is 7.10. The Morgan fingerprint density at radius 2 is 2.18 bits per heavy atom. The average molecular weight is 320 g/mol. The van der Waals surface area contributed by atoms with E-state index in [1.165, 1.54) is 16.3 Å². The summed E-state index contributed by atoms with van der Waals surface area (Å²) < 4.78 is 7.48. The van der Waals surface area contributed by atoms with Gasteiger partial charge in [-0.1, -0.05) is 6.07 Å². The lowest BCUT2D eigenvalue weighted by atomic mass is 10.2. The molecule has 3 heterocycles. The fourth-order valence-corrected chi connectivity index (χ4v) is 3.72. The van der Waals surface area contributed by atoms with Crippen LogP contribution in [0.5, 0.6) is 0 Å². The zero-order chi connectivity index (χ0) is 15.5. The number of ether oxygens (including phenoxy) is 1. The van der Waals surface area contributed by atoms with Gasteiger partial charge >= 0.3 is 0 Å². The van der Waals surface area contributed by atoms with Gasteiger partial charge < -0.3 is 15.0 Å². The molecule has 1 atom stereocenters. The molecular formula is C16H24N4OS. The molecule has 0 amide bonds. The van der Waals surface area contributed by atoms with Gasteiger partial charge in [-0.05, 0) is 25.3 Å². The van der Waals surface area contributed by atoms with Gasteiger partial charge in [0.2, 0.25) is 0 Å². The Hall–Kier alpha value is -1.37. The van der Waals surface area contributed by atoms with E-state index in [1.54, 1.807) is 11.3 Å². The molecule has 22 heavy (non-hydrogen) atoms. The van der Waals surface area contributed by atoms with Crippen molar-refractivity contribution in [3.8, 4) is 0 Å². The lowest BCUT2D eigenvalue weighted by Gasteiger charge is -2.29. The molecule has 0 bridgehead atoms. The molecule has 3 rings (SSSR count). The number of hydrogen-bond acceptors (Lipinski definition) is 5. The highest BCUT2D eigenvalue weighted by Gasteiger charge is 2.21. The van der Waals surface area contributed by atoms with Gasteiger partial charge in [0, 0.05) is 43.2 Å². The van der Waals surface area contributed by atoms with Gasteiger partial charge in [0.05, 0.1) is 18.9 Å². The van der Waals surface area contributed by atoms with Crippen molar-refractivity contribution in [1.82, 2.24) is 15.1 Å². The zero-order valence-corrected chi connectivity index (χ0v) is 14.3. The minimum absolute atomic E-state index is 0.358. The maximum absolute atomic E-state index is 5.47. The molecule has 1 aliphatic heterocycles. The van der Waals surface area contributed by atoms with Gasteiger partial charge in [-0.15, -0.1) is 11.3 Å². The molecule has 1 saturated heterocycles. The Kier molecular flexibility index (Phi) is 4.81. The number of thiophene rings is 1. The van der Waals surface area contributed by atoms with Gasteiger partial charge in [0.25, 0.3) is 0 Å². The summed E-state index contributed by atoms with van der Waals surface area (Å²) in [5, 5.41) is 10.4. The number of morpholine rings is 1. The second-order valence-electron chi connectivity index (χ2n) is 5.73. The zero-order valence-electron chi connectivity index (χ0n) is 13.5. The fourth-order valence-electron chi connectivity index (χ4n) is 2.96. The van der Waals surface area contributed by atoms with Crippen molar-refractivity contribution in [2.75, 3.05) is 31.2 Å². The van der Waals surface area contributed by atoms with Crippen LogP contribution >= 0.6 is 11.3 Å². The maximum atomic E-state index is 5.47. The summed E-state index contributed by atoms with van der Waals surface area (Å²) in [4.78, 5) is 3.76. The van der Waals surface area contributed by atoms with Crippen LogP contribution in [0.1, 0.15) is 29.1 Å². The van der Waals surface area contributed by atoms with Crippen LogP contribution in [-0.4, -0.2) is 36.1 Å². The molecule has 2 aromatic heterocycles. The SMILES string of the molecule is Cc1nn(C)c(N2CCOCC2)c1CN[C@@H](C)c1cccs1. The van der Waals surface area contributed by atoms with Crippen molar-refractivity contribution in [1.29, 1.82) is 0 Å². The van der Waals surface area contributed by atoms with Crippen molar-refractivity contribution >= 4 is 17.2 Å². The Bertz CT molecular complexity index is 602. The molecule has 6 heteroatoms.